The van der Waals surface area contributed by atoms with Crippen molar-refractivity contribution in [1.82, 2.24) is 14.9 Å². The second kappa shape index (κ2) is 5.50. The van der Waals surface area contributed by atoms with Gasteiger partial charge in [0.15, 0.2) is 0 Å². The van der Waals surface area contributed by atoms with E-state index in [-0.39, 0.29) is 10.8 Å². The van der Waals surface area contributed by atoms with E-state index in [2.05, 4.69) is 10.3 Å². The van der Waals surface area contributed by atoms with Crippen LogP contribution in [0.4, 0.5) is 4.39 Å². The number of hydrogen-bond donors (Lipinski definition) is 1. The van der Waals surface area contributed by atoms with Gasteiger partial charge in [0.25, 0.3) is 0 Å². The molecule has 96 valence electrons. The lowest BCUT2D eigenvalue weighted by Gasteiger charge is -2.11. The molecule has 0 radical (unpaired) electrons. The Bertz CT molecular complexity index is 551. The summed E-state index contributed by atoms with van der Waals surface area (Å²) in [5.74, 6) is 0.502. The van der Waals surface area contributed by atoms with Crippen molar-refractivity contribution in [3.05, 3.63) is 52.3 Å². The number of benzene rings is 1. The quantitative estimate of drug-likeness (QED) is 0.923. The topological polar surface area (TPSA) is 29.9 Å². The van der Waals surface area contributed by atoms with Crippen molar-refractivity contribution in [2.45, 2.75) is 20.0 Å². The first-order valence-electron chi connectivity index (χ1n) is 5.72. The predicted octanol–water partition coefficient (Wildman–Crippen LogP) is 2.75. The number of hydrogen-bond acceptors (Lipinski definition) is 2. The van der Waals surface area contributed by atoms with E-state index in [1.54, 1.807) is 6.07 Å². The number of aromatic nitrogens is 2. The van der Waals surface area contributed by atoms with Crippen LogP contribution in [0.2, 0.25) is 5.02 Å². The van der Waals surface area contributed by atoms with Gasteiger partial charge in [-0.15, -0.1) is 0 Å². The van der Waals surface area contributed by atoms with Gasteiger partial charge < -0.3 is 9.88 Å². The molecular weight excluding hydrogens is 253 g/mol. The summed E-state index contributed by atoms with van der Waals surface area (Å²) in [6.45, 7) is 3.17. The van der Waals surface area contributed by atoms with Crippen molar-refractivity contribution < 1.29 is 4.39 Å². The number of nitrogens with zero attached hydrogens (tertiary/aromatic N) is 2. The first-order chi connectivity index (χ1) is 8.63. The van der Waals surface area contributed by atoms with Crippen molar-refractivity contribution >= 4 is 11.6 Å². The average Bonchev–Trinajstić information content (AvgIpc) is 2.68. The Kier molecular flexibility index (Phi) is 3.99. The molecule has 0 aliphatic rings. The van der Waals surface area contributed by atoms with E-state index in [4.69, 9.17) is 11.6 Å². The number of imidazole rings is 1. The summed E-state index contributed by atoms with van der Waals surface area (Å²) < 4.78 is 15.4. The van der Waals surface area contributed by atoms with Gasteiger partial charge in [0.05, 0.1) is 17.3 Å². The molecule has 0 fully saturated rings. The molecule has 1 aromatic heterocycles. The normalized spacial score (nSPS) is 10.9. The zero-order valence-electron chi connectivity index (χ0n) is 10.4. The molecule has 18 heavy (non-hydrogen) atoms. The third kappa shape index (κ3) is 2.54. The summed E-state index contributed by atoms with van der Waals surface area (Å²) in [6.07, 6.45) is 1.82. The molecule has 3 nitrogen and oxygen atoms in total. The van der Waals surface area contributed by atoms with Crippen molar-refractivity contribution in [3.8, 4) is 0 Å². The molecule has 0 aliphatic carbocycles. The smallest absolute Gasteiger partial charge is 0.142 e. The molecule has 0 amide bonds. The summed E-state index contributed by atoms with van der Waals surface area (Å²) in [4.78, 5) is 4.27. The summed E-state index contributed by atoms with van der Waals surface area (Å²) in [5.41, 5.74) is 1.81. The number of aryl methyl sites for hydroxylation is 1. The van der Waals surface area contributed by atoms with Gasteiger partial charge in [-0.3, -0.25) is 0 Å². The zero-order valence-corrected chi connectivity index (χ0v) is 11.1. The van der Waals surface area contributed by atoms with E-state index in [1.807, 2.05) is 30.8 Å². The lowest BCUT2D eigenvalue weighted by atomic mass is 10.2. The molecule has 0 aliphatic heterocycles. The molecule has 0 spiro atoms. The number of nitrogens with one attached hydrogen (secondary N) is 1. The Morgan fingerprint density at radius 1 is 1.44 bits per heavy atom. The standard InChI is InChI=1S/C13H15ClFN3/c1-9-17-7-11(6-16-2)18(9)8-10-4-3-5-12(15)13(10)14/h3-5,7,16H,6,8H2,1-2H3. The van der Waals surface area contributed by atoms with Crippen LogP contribution in [0.5, 0.6) is 0 Å². The molecule has 1 N–H and O–H groups in total. The van der Waals surface area contributed by atoms with Crippen LogP contribution in [-0.4, -0.2) is 16.6 Å². The van der Waals surface area contributed by atoms with Crippen molar-refractivity contribution in [2.75, 3.05) is 7.05 Å². The van der Waals surface area contributed by atoms with E-state index in [0.29, 0.717) is 13.1 Å². The zero-order chi connectivity index (χ0) is 13.1. The van der Waals surface area contributed by atoms with Gasteiger partial charge in [-0.05, 0) is 25.6 Å². The van der Waals surface area contributed by atoms with Crippen LogP contribution in [0.15, 0.2) is 24.4 Å². The fraction of sp³-hybridized carbons (Fsp3) is 0.308. The highest BCUT2D eigenvalue weighted by Gasteiger charge is 2.10. The second-order valence-corrected chi connectivity index (χ2v) is 4.50. The van der Waals surface area contributed by atoms with Gasteiger partial charge >= 0.3 is 0 Å². The summed E-state index contributed by atoms with van der Waals surface area (Å²) >= 11 is 5.97. The van der Waals surface area contributed by atoms with Gasteiger partial charge in [0, 0.05) is 12.7 Å². The minimum absolute atomic E-state index is 0.181. The summed E-state index contributed by atoms with van der Waals surface area (Å²) in [7, 11) is 1.88. The number of rotatable bonds is 4. The third-order valence-corrected chi connectivity index (χ3v) is 3.28. The van der Waals surface area contributed by atoms with Gasteiger partial charge in [-0.25, -0.2) is 9.37 Å². The fourth-order valence-electron chi connectivity index (χ4n) is 1.89. The maximum Gasteiger partial charge on any atom is 0.142 e. The Balaban J connectivity index is 2.33. The largest absolute Gasteiger partial charge is 0.327 e. The lowest BCUT2D eigenvalue weighted by Crippen LogP contribution is -2.13. The molecule has 0 saturated heterocycles. The second-order valence-electron chi connectivity index (χ2n) is 4.13. The Labute approximate surface area is 111 Å². The lowest BCUT2D eigenvalue weighted by molar-refractivity contribution is 0.620. The van der Waals surface area contributed by atoms with Gasteiger partial charge in [0.2, 0.25) is 0 Å². The van der Waals surface area contributed by atoms with Crippen LogP contribution in [0.3, 0.4) is 0 Å². The van der Waals surface area contributed by atoms with E-state index in [1.165, 1.54) is 6.07 Å². The molecule has 2 rings (SSSR count). The highest BCUT2D eigenvalue weighted by atomic mass is 35.5. The molecule has 5 heteroatoms. The summed E-state index contributed by atoms with van der Waals surface area (Å²) in [5, 5.41) is 3.26. The Morgan fingerprint density at radius 3 is 2.94 bits per heavy atom. The van der Waals surface area contributed by atoms with Crippen LogP contribution in [-0.2, 0) is 13.1 Å². The van der Waals surface area contributed by atoms with Crippen LogP contribution in [0, 0.1) is 12.7 Å². The Hall–Kier alpha value is -1.39. The van der Waals surface area contributed by atoms with Gasteiger partial charge in [-0.2, -0.15) is 0 Å². The molecular formula is C13H15ClFN3. The maximum absolute atomic E-state index is 13.4. The van der Waals surface area contributed by atoms with E-state index < -0.39 is 0 Å². The molecule has 0 atom stereocenters. The molecule has 1 aromatic carbocycles. The highest BCUT2D eigenvalue weighted by molar-refractivity contribution is 6.31. The first kappa shape index (κ1) is 13.1. The van der Waals surface area contributed by atoms with Crippen LogP contribution in [0.25, 0.3) is 0 Å². The van der Waals surface area contributed by atoms with Crippen LogP contribution in [0.1, 0.15) is 17.1 Å². The van der Waals surface area contributed by atoms with E-state index in [9.17, 15) is 4.39 Å². The fourth-order valence-corrected chi connectivity index (χ4v) is 2.08. The van der Waals surface area contributed by atoms with Gasteiger partial charge in [-0.1, -0.05) is 23.7 Å². The molecule has 0 unspecified atom stereocenters. The minimum Gasteiger partial charge on any atom is -0.327 e. The van der Waals surface area contributed by atoms with Crippen molar-refractivity contribution in [1.29, 1.82) is 0 Å². The van der Waals surface area contributed by atoms with Crippen molar-refractivity contribution in [2.24, 2.45) is 0 Å². The highest BCUT2D eigenvalue weighted by Crippen LogP contribution is 2.21. The molecule has 2 aromatic rings. The van der Waals surface area contributed by atoms with E-state index >= 15 is 0 Å². The van der Waals surface area contributed by atoms with E-state index in [0.717, 1.165) is 17.1 Å². The molecule has 1 heterocycles. The molecule has 0 saturated carbocycles. The SMILES string of the molecule is CNCc1cnc(C)n1Cc1cccc(F)c1Cl. The average molecular weight is 268 g/mol. The van der Waals surface area contributed by atoms with Crippen LogP contribution >= 0.6 is 11.6 Å². The maximum atomic E-state index is 13.4. The monoisotopic (exact) mass is 267 g/mol. The van der Waals surface area contributed by atoms with Gasteiger partial charge in [0.1, 0.15) is 11.6 Å². The number of halogens is 2. The Morgan fingerprint density at radius 2 is 2.22 bits per heavy atom. The van der Waals surface area contributed by atoms with Crippen molar-refractivity contribution in [3.63, 3.8) is 0 Å². The first-order valence-corrected chi connectivity index (χ1v) is 6.09. The summed E-state index contributed by atoms with van der Waals surface area (Å²) in [6, 6.07) is 4.86. The predicted molar refractivity (Wildman–Crippen MR) is 70.2 cm³/mol. The third-order valence-electron chi connectivity index (χ3n) is 2.86. The van der Waals surface area contributed by atoms with Crippen LogP contribution < -0.4 is 5.32 Å². The minimum atomic E-state index is -0.387. The molecule has 0 bridgehead atoms.